The number of hydrogen-bond donors (Lipinski definition) is 4. The van der Waals surface area contributed by atoms with Gasteiger partial charge in [-0.2, -0.15) is 4.99 Å². The number of methoxy groups -OCH3 is 3. The van der Waals surface area contributed by atoms with Crippen molar-refractivity contribution in [3.8, 4) is 28.1 Å². The van der Waals surface area contributed by atoms with E-state index in [0.29, 0.717) is 25.4 Å². The van der Waals surface area contributed by atoms with Crippen LogP contribution in [0.2, 0.25) is 0 Å². The number of benzene rings is 3. The summed E-state index contributed by atoms with van der Waals surface area (Å²) in [5.41, 5.74) is 6.54. The van der Waals surface area contributed by atoms with Crippen LogP contribution in [0.25, 0.3) is 44.2 Å². The Bertz CT molecular complexity index is 2570. The number of alkyl carbamates (subject to hydrolysis) is 1. The Labute approximate surface area is 366 Å². The number of H-pyrrole nitrogens is 2. The zero-order chi connectivity index (χ0) is 44.7. The fourth-order valence-corrected chi connectivity index (χ4v) is 9.44. The van der Waals surface area contributed by atoms with E-state index in [1.165, 1.54) is 27.5 Å². The third kappa shape index (κ3) is 8.30. The molecule has 16 heteroatoms. The van der Waals surface area contributed by atoms with Gasteiger partial charge < -0.3 is 44.2 Å². The smallest absolute Gasteiger partial charge is 0.432 e. The van der Waals surface area contributed by atoms with Crippen LogP contribution in [0.5, 0.6) is 5.75 Å². The maximum absolute atomic E-state index is 14.1. The minimum atomic E-state index is -0.937. The highest BCUT2D eigenvalue weighted by molar-refractivity contribution is 6.07. The molecule has 0 saturated carbocycles. The predicted molar refractivity (Wildman–Crippen MR) is 238 cm³/mol. The second-order valence-electron chi connectivity index (χ2n) is 17.2. The summed E-state index contributed by atoms with van der Waals surface area (Å²) in [6.07, 6.45) is 4.46. The van der Waals surface area contributed by atoms with Crippen molar-refractivity contribution in [2.75, 3.05) is 27.9 Å². The number of hydrogen-bond acceptors (Lipinski definition) is 11. The Hall–Kier alpha value is -6.10. The number of aromatic nitrogens is 4. The first-order valence-electron chi connectivity index (χ1n) is 21.5. The van der Waals surface area contributed by atoms with Crippen LogP contribution >= 0.6 is 0 Å². The molecule has 8 atom stereocenters. The van der Waals surface area contributed by atoms with Crippen LogP contribution < -0.4 is 10.1 Å². The normalized spacial score (nSPS) is 21.8. The SMILES string of the molecule is C=C[C@H]1C[C@H](c2nc3ccc4cc5c(cc4c3[nH]2)OCc2cc(-c3cnc(C4CC[C@H](C)N4C(O)[C@@H](NC(=O)OC)C(C)C)[nH]3)ccc2-5)N(C(=O)C(/C=N/C(=O)OC)[C@H](C)OC)C1. The number of carbonyl (C=O) groups is 3. The number of aliphatic hydroxyl groups is 1. The maximum atomic E-state index is 14.1. The van der Waals surface area contributed by atoms with E-state index in [9.17, 15) is 19.5 Å². The van der Waals surface area contributed by atoms with Gasteiger partial charge in [0.25, 0.3) is 0 Å². The van der Waals surface area contributed by atoms with Gasteiger partial charge in [0.1, 0.15) is 30.2 Å². The van der Waals surface area contributed by atoms with Crippen LogP contribution in [0.1, 0.15) is 76.3 Å². The van der Waals surface area contributed by atoms with Crippen LogP contribution in [0.15, 0.2) is 66.3 Å². The topological polar surface area (TPSA) is 197 Å². The first kappa shape index (κ1) is 43.5. The molecule has 8 rings (SSSR count). The van der Waals surface area contributed by atoms with Crippen molar-refractivity contribution >= 4 is 46.1 Å². The molecule has 16 nitrogen and oxygen atoms in total. The summed E-state index contributed by atoms with van der Waals surface area (Å²) in [5.74, 6) is 1.13. The summed E-state index contributed by atoms with van der Waals surface area (Å²) >= 11 is 0. The fraction of sp³-hybridized carbons (Fsp3) is 0.447. The van der Waals surface area contributed by atoms with Crippen molar-refractivity contribution in [2.24, 2.45) is 22.7 Å². The number of carbonyl (C=O) groups excluding carboxylic acids is 3. The molecule has 2 saturated heterocycles. The van der Waals surface area contributed by atoms with Crippen LogP contribution in [-0.4, -0.2) is 111 Å². The maximum Gasteiger partial charge on any atom is 0.432 e. The highest BCUT2D eigenvalue weighted by Gasteiger charge is 2.43. The summed E-state index contributed by atoms with van der Waals surface area (Å²) < 4.78 is 21.5. The Morgan fingerprint density at radius 2 is 1.83 bits per heavy atom. The van der Waals surface area contributed by atoms with Crippen molar-refractivity contribution in [3.05, 3.63) is 78.5 Å². The van der Waals surface area contributed by atoms with E-state index in [4.69, 9.17) is 24.2 Å². The van der Waals surface area contributed by atoms with Gasteiger partial charge in [-0.05, 0) is 91.3 Å². The van der Waals surface area contributed by atoms with E-state index in [1.54, 1.807) is 11.8 Å². The third-order valence-electron chi connectivity index (χ3n) is 13.1. The second-order valence-corrected chi connectivity index (χ2v) is 17.2. The molecule has 2 fully saturated rings. The summed E-state index contributed by atoms with van der Waals surface area (Å²) in [6.45, 7) is 12.6. The summed E-state index contributed by atoms with van der Waals surface area (Å²) in [4.78, 5) is 62.7. The van der Waals surface area contributed by atoms with Gasteiger partial charge in [-0.3, -0.25) is 9.69 Å². The largest absolute Gasteiger partial charge is 0.488 e. The zero-order valence-corrected chi connectivity index (χ0v) is 36.8. The molecule has 4 N–H and O–H groups in total. The molecule has 3 aromatic carbocycles. The van der Waals surface area contributed by atoms with Gasteiger partial charge >= 0.3 is 12.2 Å². The molecule has 3 amide bonds. The minimum Gasteiger partial charge on any atom is -0.488 e. The molecule has 5 aromatic rings. The highest BCUT2D eigenvalue weighted by atomic mass is 16.5. The van der Waals surface area contributed by atoms with Gasteiger partial charge in [-0.15, -0.1) is 6.58 Å². The first-order valence-corrected chi connectivity index (χ1v) is 21.5. The number of amides is 3. The number of imidazole rings is 2. The molecule has 3 aliphatic heterocycles. The number of nitrogens with one attached hydrogen (secondary N) is 3. The van der Waals surface area contributed by atoms with E-state index in [2.05, 4.69) is 74.9 Å². The number of fused-ring (bicyclic) bond motifs is 6. The lowest BCUT2D eigenvalue weighted by Crippen LogP contribution is -2.55. The van der Waals surface area contributed by atoms with E-state index in [-0.39, 0.29) is 35.9 Å². The number of ether oxygens (including phenoxy) is 4. The minimum absolute atomic E-state index is 0.0364. The third-order valence-corrected chi connectivity index (χ3v) is 13.1. The number of aromatic amines is 2. The lowest BCUT2D eigenvalue weighted by atomic mass is 9.92. The van der Waals surface area contributed by atoms with Gasteiger partial charge in [0.05, 0.1) is 67.3 Å². The lowest BCUT2D eigenvalue weighted by Gasteiger charge is -2.38. The average Bonchev–Trinajstić information content (AvgIpc) is 4.12. The monoisotopic (exact) mass is 860 g/mol. The average molecular weight is 861 g/mol. The fourth-order valence-electron chi connectivity index (χ4n) is 9.44. The molecule has 332 valence electrons. The van der Waals surface area contributed by atoms with E-state index < -0.39 is 36.5 Å². The van der Waals surface area contributed by atoms with E-state index in [1.807, 2.05) is 37.1 Å². The van der Waals surface area contributed by atoms with Crippen molar-refractivity contribution in [3.63, 3.8) is 0 Å². The number of nitrogens with zero attached hydrogens (tertiary/aromatic N) is 5. The van der Waals surface area contributed by atoms with Gasteiger partial charge in [-0.25, -0.2) is 19.6 Å². The molecule has 0 spiro atoms. The summed E-state index contributed by atoms with van der Waals surface area (Å²) in [5, 5.41) is 16.4. The molecular weight excluding hydrogens is 805 g/mol. The molecule has 5 heterocycles. The number of rotatable bonds is 12. The van der Waals surface area contributed by atoms with Gasteiger partial charge in [0.2, 0.25) is 5.91 Å². The molecule has 0 bridgehead atoms. The van der Waals surface area contributed by atoms with Crippen molar-refractivity contribution in [1.82, 2.24) is 35.1 Å². The summed E-state index contributed by atoms with van der Waals surface area (Å²) in [7, 11) is 4.07. The summed E-state index contributed by atoms with van der Waals surface area (Å²) in [6, 6.07) is 13.6. The van der Waals surface area contributed by atoms with Crippen LogP contribution in [0.3, 0.4) is 0 Å². The Morgan fingerprint density at radius 1 is 1.02 bits per heavy atom. The molecule has 3 aliphatic rings. The predicted octanol–water partition coefficient (Wildman–Crippen LogP) is 7.45. The molecular formula is C47H56N8O8. The van der Waals surface area contributed by atoms with Crippen molar-refractivity contribution in [1.29, 1.82) is 0 Å². The van der Waals surface area contributed by atoms with E-state index in [0.717, 1.165) is 74.2 Å². The Kier molecular flexibility index (Phi) is 12.4. The number of aliphatic imine (C=N–C) groups is 1. The molecule has 63 heavy (non-hydrogen) atoms. The number of aliphatic hydroxyl groups excluding tert-OH is 1. The van der Waals surface area contributed by atoms with Crippen molar-refractivity contribution in [2.45, 2.75) is 90.1 Å². The zero-order valence-electron chi connectivity index (χ0n) is 36.8. The Morgan fingerprint density at radius 3 is 2.56 bits per heavy atom. The Balaban J connectivity index is 1.05. The van der Waals surface area contributed by atoms with Crippen molar-refractivity contribution < 1.29 is 38.4 Å². The van der Waals surface area contributed by atoms with Crippen LogP contribution in [0, 0.1) is 17.8 Å². The standard InChI is InChI=1S/C47H56N8O8/c1-9-27-16-38(54(22-27)44(56)34(26(5)60-6)20-49-46(58)61-7)43-50-35-14-12-28-18-33-31-13-11-29(17-30(31)23-63-39(33)19-32(28)41(35)52-43)36-21-48-42(51-36)37-15-10-25(4)55(37)45(57)40(24(2)3)53-47(59)62-8/h9,11-14,17-21,24-27,34,37-38,40,45,57H,1,10,15-16,22-23H2,2-8H3,(H,48,51)(H,50,52)(H,53,59)/b49-20+/t25-,26-,27-,34?,37?,38+,40-,45?/m0/s1. The first-order chi connectivity index (χ1) is 30.3. The highest BCUT2D eigenvalue weighted by Crippen LogP contribution is 2.44. The molecule has 2 aromatic heterocycles. The van der Waals surface area contributed by atoms with Crippen LogP contribution in [-0.2, 0) is 25.6 Å². The van der Waals surface area contributed by atoms with Gasteiger partial charge in [0, 0.05) is 36.9 Å². The molecule has 3 unspecified atom stereocenters. The van der Waals surface area contributed by atoms with Gasteiger partial charge in [-0.1, -0.05) is 38.1 Å². The molecule has 0 radical (unpaired) electrons. The van der Waals surface area contributed by atoms with E-state index >= 15 is 0 Å². The number of likely N-dealkylation sites (tertiary alicyclic amines) is 2. The lowest BCUT2D eigenvalue weighted by molar-refractivity contribution is -0.137. The molecule has 0 aliphatic carbocycles. The second kappa shape index (κ2) is 17.9. The quantitative estimate of drug-likeness (QED) is 0.0718. The van der Waals surface area contributed by atoms with Crippen LogP contribution in [0.4, 0.5) is 9.59 Å². The van der Waals surface area contributed by atoms with Gasteiger partial charge in [0.15, 0.2) is 0 Å².